The van der Waals surface area contributed by atoms with Crippen molar-refractivity contribution in [1.82, 2.24) is 0 Å². The molecular weight excluding hydrogens is 264 g/mol. The smallest absolute Gasteiger partial charge is 0.237 e. The van der Waals surface area contributed by atoms with Crippen LogP contribution in [0.2, 0.25) is 0 Å². The van der Waals surface area contributed by atoms with Crippen LogP contribution in [0, 0.1) is 6.10 Å². The maximum absolute atomic E-state index is 11.1. The lowest BCUT2D eigenvalue weighted by molar-refractivity contribution is 0.0928. The number of aliphatic hydroxyl groups excluding tert-OH is 1. The molecule has 2 radical (unpaired) electrons. The van der Waals surface area contributed by atoms with Crippen LogP contribution in [-0.4, -0.2) is 16.5 Å². The van der Waals surface area contributed by atoms with Crippen molar-refractivity contribution in [1.29, 1.82) is 0 Å². The van der Waals surface area contributed by atoms with Crippen LogP contribution in [0.1, 0.15) is 30.4 Å². The van der Waals surface area contributed by atoms with E-state index in [0.29, 0.717) is 18.4 Å². The molecule has 0 amide bonds. The third-order valence-electron chi connectivity index (χ3n) is 3.48. The van der Waals surface area contributed by atoms with Crippen LogP contribution in [0.5, 0.6) is 0 Å². The van der Waals surface area contributed by atoms with Gasteiger partial charge in [-0.05, 0) is 30.4 Å². The van der Waals surface area contributed by atoms with E-state index in [1.807, 2.05) is 36.4 Å². The first-order valence-corrected chi connectivity index (χ1v) is 6.93. The fraction of sp³-hybridized carbons (Fsp3) is 0.222. The number of rotatable bonds is 7. The molecule has 3 heteroatoms. The van der Waals surface area contributed by atoms with E-state index in [1.54, 1.807) is 30.6 Å². The van der Waals surface area contributed by atoms with Crippen LogP contribution in [0.15, 0.2) is 60.7 Å². The van der Waals surface area contributed by atoms with Crippen LogP contribution in [0.3, 0.4) is 0 Å². The Morgan fingerprint density at radius 1 is 1.00 bits per heavy atom. The Hall–Kier alpha value is -1.97. The molecular formula is C18H18O3. The minimum atomic E-state index is -1.61. The van der Waals surface area contributed by atoms with Crippen LogP contribution in [0.25, 0.3) is 0 Å². The van der Waals surface area contributed by atoms with Crippen LogP contribution in [0.4, 0.5) is 0 Å². The lowest BCUT2D eigenvalue weighted by atomic mass is 9.89. The summed E-state index contributed by atoms with van der Waals surface area (Å²) in [7, 11) is 0. The quantitative estimate of drug-likeness (QED) is 0.820. The van der Waals surface area contributed by atoms with Gasteiger partial charge in [-0.1, -0.05) is 60.7 Å². The summed E-state index contributed by atoms with van der Waals surface area (Å²) < 4.78 is 0. The van der Waals surface area contributed by atoms with Gasteiger partial charge in [0.15, 0.2) is 5.60 Å². The van der Waals surface area contributed by atoms with Crippen molar-refractivity contribution in [2.75, 3.05) is 0 Å². The lowest BCUT2D eigenvalue weighted by Crippen LogP contribution is -2.27. The third kappa shape index (κ3) is 4.00. The summed E-state index contributed by atoms with van der Waals surface area (Å²) >= 11 is 0. The van der Waals surface area contributed by atoms with E-state index in [-0.39, 0.29) is 12.5 Å². The molecule has 2 rings (SSSR count). The zero-order valence-electron chi connectivity index (χ0n) is 11.7. The summed E-state index contributed by atoms with van der Waals surface area (Å²) in [6.07, 6.45) is 3.09. The minimum absolute atomic E-state index is 0.220. The highest BCUT2D eigenvalue weighted by Gasteiger charge is 2.29. The molecule has 2 N–H and O–H groups in total. The first-order chi connectivity index (χ1) is 10.2. The Labute approximate surface area is 124 Å². The molecule has 0 bridgehead atoms. The van der Waals surface area contributed by atoms with Gasteiger partial charge in [0.25, 0.3) is 0 Å². The van der Waals surface area contributed by atoms with Gasteiger partial charge in [0, 0.05) is 0 Å². The maximum atomic E-state index is 11.1. The van der Waals surface area contributed by atoms with Gasteiger partial charge in [-0.2, -0.15) is 0 Å². The Kier molecular flexibility index (Phi) is 5.26. The van der Waals surface area contributed by atoms with E-state index in [1.165, 1.54) is 0 Å². The Morgan fingerprint density at radius 3 is 2.14 bits per heavy atom. The zero-order chi connectivity index (χ0) is 15.1. The summed E-state index contributed by atoms with van der Waals surface area (Å²) in [5.74, 6) is 0. The third-order valence-corrected chi connectivity index (χ3v) is 3.48. The van der Waals surface area contributed by atoms with E-state index in [9.17, 15) is 15.0 Å². The lowest BCUT2D eigenvalue weighted by Gasteiger charge is -2.21. The van der Waals surface area contributed by atoms with Gasteiger partial charge in [-0.25, -0.2) is 0 Å². The summed E-state index contributed by atoms with van der Waals surface area (Å²) in [5.41, 5.74) is -0.326. The standard InChI is InChI=1S/C18H18O3/c19-14-18(21,16-10-5-2-6-11-16)13-7-12-17(20)15-8-3-1-4-9-15/h1-6,8-11,20-21H,7,12-13H2/t18-/m1/s1. The second kappa shape index (κ2) is 7.16. The second-order valence-electron chi connectivity index (χ2n) is 4.99. The van der Waals surface area contributed by atoms with Gasteiger partial charge in [-0.3, -0.25) is 4.79 Å². The monoisotopic (exact) mass is 282 g/mol. The number of hydrogen-bond donors (Lipinski definition) is 2. The van der Waals surface area contributed by atoms with Crippen LogP contribution < -0.4 is 0 Å². The number of hydrogen-bond acceptors (Lipinski definition) is 3. The van der Waals surface area contributed by atoms with Gasteiger partial charge >= 0.3 is 0 Å². The Balaban J connectivity index is 1.94. The summed E-state index contributed by atoms with van der Waals surface area (Å²) in [6, 6.07) is 18.0. The average Bonchev–Trinajstić information content (AvgIpc) is 2.56. The molecule has 0 saturated carbocycles. The molecule has 2 aromatic carbocycles. The number of carbonyl (C=O) groups excluding carboxylic acids is 1. The predicted octanol–water partition coefficient (Wildman–Crippen LogP) is 3.11. The fourth-order valence-electron chi connectivity index (χ4n) is 2.25. The number of aliphatic hydroxyl groups is 2. The van der Waals surface area contributed by atoms with Gasteiger partial charge in [-0.15, -0.1) is 0 Å². The van der Waals surface area contributed by atoms with Crippen molar-refractivity contribution >= 4 is 6.29 Å². The highest BCUT2D eigenvalue weighted by atomic mass is 16.3. The van der Waals surface area contributed by atoms with Crippen molar-refractivity contribution in [3.63, 3.8) is 0 Å². The van der Waals surface area contributed by atoms with E-state index >= 15 is 0 Å². The summed E-state index contributed by atoms with van der Waals surface area (Å²) in [6.45, 7) is 0. The molecule has 0 unspecified atom stereocenters. The van der Waals surface area contributed by atoms with Crippen molar-refractivity contribution in [3.05, 3.63) is 77.9 Å². The summed E-state index contributed by atoms with van der Waals surface area (Å²) in [5, 5.41) is 20.4. The molecule has 108 valence electrons. The number of benzene rings is 2. The van der Waals surface area contributed by atoms with Crippen LogP contribution >= 0.6 is 0 Å². The zero-order valence-corrected chi connectivity index (χ0v) is 11.7. The minimum Gasteiger partial charge on any atom is -0.382 e. The van der Waals surface area contributed by atoms with Gasteiger partial charge < -0.3 is 10.2 Å². The largest absolute Gasteiger partial charge is 0.382 e. The predicted molar refractivity (Wildman–Crippen MR) is 80.6 cm³/mol. The molecule has 1 atom stereocenters. The van der Waals surface area contributed by atoms with E-state index in [4.69, 9.17) is 0 Å². The van der Waals surface area contributed by atoms with E-state index < -0.39 is 5.60 Å². The molecule has 0 aromatic heterocycles. The Morgan fingerprint density at radius 2 is 1.57 bits per heavy atom. The molecule has 2 aromatic rings. The van der Waals surface area contributed by atoms with Gasteiger partial charge in [0.05, 0.1) is 0 Å². The first kappa shape index (κ1) is 15.4. The molecule has 0 aliphatic carbocycles. The Bertz CT molecular complexity index is 553. The topological polar surface area (TPSA) is 57.5 Å². The second-order valence-corrected chi connectivity index (χ2v) is 4.99. The molecule has 0 saturated heterocycles. The van der Waals surface area contributed by atoms with Gasteiger partial charge in [0.1, 0.15) is 6.10 Å². The van der Waals surface area contributed by atoms with Gasteiger partial charge in [0.2, 0.25) is 6.29 Å². The van der Waals surface area contributed by atoms with Crippen molar-refractivity contribution in [2.45, 2.75) is 24.9 Å². The fourth-order valence-corrected chi connectivity index (χ4v) is 2.25. The molecule has 0 fully saturated rings. The summed E-state index contributed by atoms with van der Waals surface area (Å²) in [4.78, 5) is 11.1. The van der Waals surface area contributed by atoms with Crippen molar-refractivity contribution in [3.8, 4) is 0 Å². The normalized spacial score (nSPS) is 13.9. The maximum Gasteiger partial charge on any atom is 0.237 e. The average molecular weight is 282 g/mol. The van der Waals surface area contributed by atoms with Crippen molar-refractivity contribution in [2.24, 2.45) is 0 Å². The van der Waals surface area contributed by atoms with Crippen molar-refractivity contribution < 1.29 is 15.0 Å². The molecule has 0 heterocycles. The highest BCUT2D eigenvalue weighted by Crippen LogP contribution is 2.27. The molecule has 0 aliphatic rings. The first-order valence-electron chi connectivity index (χ1n) is 6.93. The van der Waals surface area contributed by atoms with E-state index in [0.717, 1.165) is 5.56 Å². The highest BCUT2D eigenvalue weighted by molar-refractivity contribution is 5.66. The SMILES string of the molecule is O=[C][C@](O)(CCC[C](O)c1ccccc1)c1ccccc1. The molecule has 0 spiro atoms. The van der Waals surface area contributed by atoms with Crippen LogP contribution in [-0.2, 0) is 10.4 Å². The van der Waals surface area contributed by atoms with E-state index in [2.05, 4.69) is 0 Å². The molecule has 0 aliphatic heterocycles. The molecule has 21 heavy (non-hydrogen) atoms. The molecule has 3 nitrogen and oxygen atoms in total.